The minimum atomic E-state index is -0.267. The first-order valence-electron chi connectivity index (χ1n) is 7.51. The summed E-state index contributed by atoms with van der Waals surface area (Å²) >= 11 is 0. The number of nitrogens with one attached hydrogen (secondary N) is 1. The largest absolute Gasteiger partial charge is 0.347 e. The lowest BCUT2D eigenvalue weighted by Crippen LogP contribution is -2.40. The third-order valence-corrected chi connectivity index (χ3v) is 3.17. The molecule has 0 unspecified atom stereocenters. The van der Waals surface area contributed by atoms with Gasteiger partial charge in [-0.3, -0.25) is 9.78 Å². The van der Waals surface area contributed by atoms with E-state index in [9.17, 15) is 4.79 Å². The summed E-state index contributed by atoms with van der Waals surface area (Å²) in [5.74, 6) is -0.106. The number of anilines is 2. The van der Waals surface area contributed by atoms with E-state index in [0.717, 1.165) is 17.9 Å². The average Bonchev–Trinajstić information content (AvgIpc) is 2.48. The number of para-hydroxylation sites is 1. The Kier molecular flexibility index (Phi) is 4.81. The van der Waals surface area contributed by atoms with Gasteiger partial charge in [0.2, 0.25) is 0 Å². The SMILES string of the molecule is CCN(c1ccccc1)c1cncc(C(=O)NC(C)(C)C)c1. The maximum Gasteiger partial charge on any atom is 0.253 e. The predicted octanol–water partition coefficient (Wildman–Crippen LogP) is 3.77. The summed E-state index contributed by atoms with van der Waals surface area (Å²) < 4.78 is 0. The lowest BCUT2D eigenvalue weighted by atomic mass is 10.1. The topological polar surface area (TPSA) is 45.2 Å². The molecule has 4 heteroatoms. The number of hydrogen-bond acceptors (Lipinski definition) is 3. The smallest absolute Gasteiger partial charge is 0.253 e. The molecule has 116 valence electrons. The Bertz CT molecular complexity index is 632. The quantitative estimate of drug-likeness (QED) is 0.934. The molecular formula is C18H23N3O. The predicted molar refractivity (Wildman–Crippen MR) is 90.6 cm³/mol. The minimum Gasteiger partial charge on any atom is -0.347 e. The van der Waals surface area contributed by atoms with Crippen LogP contribution in [0.1, 0.15) is 38.1 Å². The molecule has 22 heavy (non-hydrogen) atoms. The highest BCUT2D eigenvalue weighted by Crippen LogP contribution is 2.24. The van der Waals surface area contributed by atoms with Crippen LogP contribution < -0.4 is 10.2 Å². The van der Waals surface area contributed by atoms with Gasteiger partial charge >= 0.3 is 0 Å². The second-order valence-electron chi connectivity index (χ2n) is 6.22. The summed E-state index contributed by atoms with van der Waals surface area (Å²) in [5.41, 5.74) is 2.30. The lowest BCUT2D eigenvalue weighted by Gasteiger charge is -2.24. The van der Waals surface area contributed by atoms with Crippen LogP contribution in [0.4, 0.5) is 11.4 Å². The van der Waals surface area contributed by atoms with Gasteiger partial charge in [0.05, 0.1) is 17.4 Å². The van der Waals surface area contributed by atoms with Gasteiger partial charge in [0.15, 0.2) is 0 Å². The van der Waals surface area contributed by atoms with Gasteiger partial charge < -0.3 is 10.2 Å². The van der Waals surface area contributed by atoms with Crippen molar-refractivity contribution >= 4 is 17.3 Å². The number of aromatic nitrogens is 1. The number of pyridine rings is 1. The van der Waals surface area contributed by atoms with Crippen LogP contribution in [-0.2, 0) is 0 Å². The van der Waals surface area contributed by atoms with Gasteiger partial charge in [-0.1, -0.05) is 18.2 Å². The van der Waals surface area contributed by atoms with Gasteiger partial charge in [0, 0.05) is 24.0 Å². The van der Waals surface area contributed by atoms with E-state index in [1.165, 1.54) is 0 Å². The van der Waals surface area contributed by atoms with Crippen LogP contribution in [-0.4, -0.2) is 23.0 Å². The number of benzene rings is 1. The van der Waals surface area contributed by atoms with Crippen molar-refractivity contribution in [3.63, 3.8) is 0 Å². The molecule has 0 bridgehead atoms. The van der Waals surface area contributed by atoms with E-state index < -0.39 is 0 Å². The van der Waals surface area contributed by atoms with Crippen LogP contribution in [0.5, 0.6) is 0 Å². The fourth-order valence-electron chi connectivity index (χ4n) is 2.23. The van der Waals surface area contributed by atoms with Gasteiger partial charge in [0.25, 0.3) is 5.91 Å². The van der Waals surface area contributed by atoms with Crippen LogP contribution >= 0.6 is 0 Å². The Morgan fingerprint density at radius 1 is 1.14 bits per heavy atom. The molecule has 0 aliphatic rings. The Labute approximate surface area is 132 Å². The normalized spacial score (nSPS) is 11.1. The molecule has 0 aliphatic heterocycles. The monoisotopic (exact) mass is 297 g/mol. The molecule has 0 saturated heterocycles. The third kappa shape index (κ3) is 4.07. The van der Waals surface area contributed by atoms with Gasteiger partial charge in [-0.05, 0) is 45.9 Å². The van der Waals surface area contributed by atoms with E-state index in [1.807, 2.05) is 57.2 Å². The number of amides is 1. The van der Waals surface area contributed by atoms with E-state index in [0.29, 0.717) is 5.56 Å². The van der Waals surface area contributed by atoms with Crippen molar-refractivity contribution in [3.05, 3.63) is 54.4 Å². The Balaban J connectivity index is 2.29. The van der Waals surface area contributed by atoms with E-state index in [-0.39, 0.29) is 11.4 Å². The molecule has 0 spiro atoms. The van der Waals surface area contributed by atoms with Crippen molar-refractivity contribution in [1.29, 1.82) is 0 Å². The van der Waals surface area contributed by atoms with Crippen LogP contribution in [0.15, 0.2) is 48.8 Å². The molecule has 2 aromatic rings. The van der Waals surface area contributed by atoms with Crippen molar-refractivity contribution < 1.29 is 4.79 Å². The highest BCUT2D eigenvalue weighted by molar-refractivity contribution is 5.95. The number of hydrogen-bond donors (Lipinski definition) is 1. The summed E-state index contributed by atoms with van der Waals surface area (Å²) in [5, 5.41) is 2.96. The molecule has 0 atom stereocenters. The van der Waals surface area contributed by atoms with Gasteiger partial charge in [-0.2, -0.15) is 0 Å². The molecule has 1 heterocycles. The van der Waals surface area contributed by atoms with Crippen LogP contribution in [0.2, 0.25) is 0 Å². The maximum atomic E-state index is 12.3. The Hall–Kier alpha value is -2.36. The Morgan fingerprint density at radius 3 is 2.41 bits per heavy atom. The second kappa shape index (κ2) is 6.60. The summed E-state index contributed by atoms with van der Waals surface area (Å²) in [6, 6.07) is 12.0. The van der Waals surface area contributed by atoms with Crippen LogP contribution in [0.25, 0.3) is 0 Å². The Morgan fingerprint density at radius 2 is 1.82 bits per heavy atom. The van der Waals surface area contributed by atoms with Crippen molar-refractivity contribution in [2.45, 2.75) is 33.2 Å². The zero-order chi connectivity index (χ0) is 16.2. The lowest BCUT2D eigenvalue weighted by molar-refractivity contribution is 0.0919. The molecular weight excluding hydrogens is 274 g/mol. The van der Waals surface area contributed by atoms with Crippen LogP contribution in [0, 0.1) is 0 Å². The fourth-order valence-corrected chi connectivity index (χ4v) is 2.23. The number of carbonyl (C=O) groups excluding carboxylic acids is 1. The zero-order valence-electron chi connectivity index (χ0n) is 13.6. The van der Waals surface area contributed by atoms with Crippen molar-refractivity contribution in [3.8, 4) is 0 Å². The molecule has 2 rings (SSSR count). The summed E-state index contributed by atoms with van der Waals surface area (Å²) in [4.78, 5) is 18.6. The van der Waals surface area contributed by atoms with E-state index in [2.05, 4.69) is 22.1 Å². The fraction of sp³-hybridized carbons (Fsp3) is 0.333. The number of rotatable bonds is 4. The number of carbonyl (C=O) groups is 1. The summed E-state index contributed by atoms with van der Waals surface area (Å²) in [6.07, 6.45) is 3.38. The molecule has 0 saturated carbocycles. The molecule has 1 N–H and O–H groups in total. The first-order valence-corrected chi connectivity index (χ1v) is 7.51. The molecule has 4 nitrogen and oxygen atoms in total. The molecule has 1 aromatic carbocycles. The molecule has 0 fully saturated rings. The standard InChI is InChI=1S/C18H23N3O/c1-5-21(15-9-7-6-8-10-15)16-11-14(12-19-13-16)17(22)20-18(2,3)4/h6-13H,5H2,1-4H3,(H,20,22). The van der Waals surface area contributed by atoms with Gasteiger partial charge in [-0.15, -0.1) is 0 Å². The number of nitrogens with zero attached hydrogens (tertiary/aromatic N) is 2. The first kappa shape index (κ1) is 16.0. The second-order valence-corrected chi connectivity index (χ2v) is 6.22. The van der Waals surface area contributed by atoms with Crippen molar-refractivity contribution in [2.24, 2.45) is 0 Å². The molecule has 0 aliphatic carbocycles. The summed E-state index contributed by atoms with van der Waals surface area (Å²) in [7, 11) is 0. The first-order chi connectivity index (χ1) is 10.4. The van der Waals surface area contributed by atoms with Gasteiger partial charge in [-0.25, -0.2) is 0 Å². The zero-order valence-corrected chi connectivity index (χ0v) is 13.6. The highest BCUT2D eigenvalue weighted by atomic mass is 16.1. The minimum absolute atomic E-state index is 0.106. The molecule has 1 amide bonds. The highest BCUT2D eigenvalue weighted by Gasteiger charge is 2.17. The van der Waals surface area contributed by atoms with Crippen molar-refractivity contribution in [2.75, 3.05) is 11.4 Å². The summed E-state index contributed by atoms with van der Waals surface area (Å²) in [6.45, 7) is 8.77. The van der Waals surface area contributed by atoms with E-state index in [4.69, 9.17) is 0 Å². The van der Waals surface area contributed by atoms with E-state index in [1.54, 1.807) is 12.4 Å². The average molecular weight is 297 g/mol. The maximum absolute atomic E-state index is 12.3. The van der Waals surface area contributed by atoms with Gasteiger partial charge in [0.1, 0.15) is 0 Å². The van der Waals surface area contributed by atoms with Crippen LogP contribution in [0.3, 0.4) is 0 Å². The third-order valence-electron chi connectivity index (χ3n) is 3.17. The molecule has 0 radical (unpaired) electrons. The van der Waals surface area contributed by atoms with E-state index >= 15 is 0 Å². The molecule has 1 aromatic heterocycles. The van der Waals surface area contributed by atoms with Crippen molar-refractivity contribution in [1.82, 2.24) is 10.3 Å².